The molecule has 0 spiro atoms. The van der Waals surface area contributed by atoms with E-state index in [4.69, 9.17) is 14.6 Å². The molecule has 0 radical (unpaired) electrons. The fourth-order valence-corrected chi connectivity index (χ4v) is 7.11. The number of hydrogen-bond donors (Lipinski definition) is 1. The van der Waals surface area contributed by atoms with Gasteiger partial charge >= 0.3 is 0 Å². The molecule has 5 aromatic rings. The Bertz CT molecular complexity index is 1990. The molecule has 0 saturated heterocycles. The predicted octanol–water partition coefficient (Wildman–Crippen LogP) is 6.50. The van der Waals surface area contributed by atoms with Crippen molar-refractivity contribution in [2.24, 2.45) is 5.10 Å². The van der Waals surface area contributed by atoms with E-state index in [2.05, 4.69) is 15.5 Å². The fraction of sp³-hybridized carbons (Fsp3) is 0.229. The SMILES string of the molecule is COc1cccc([C@@H]2CC(c3cccs3)=NN2C(=O)CSc2nnc(CNC(=O)c3ccccc3F)n2-c2cccc(C)c2C)c1OC. The maximum atomic E-state index is 14.3. The molecule has 0 fully saturated rings. The summed E-state index contributed by atoms with van der Waals surface area (Å²) in [5, 5.41) is 20.3. The van der Waals surface area contributed by atoms with E-state index >= 15 is 0 Å². The minimum Gasteiger partial charge on any atom is -0.493 e. The number of nitrogens with zero attached hydrogens (tertiary/aromatic N) is 5. The first-order valence-electron chi connectivity index (χ1n) is 15.1. The first kappa shape index (κ1) is 32.9. The van der Waals surface area contributed by atoms with Gasteiger partial charge in [-0.25, -0.2) is 9.40 Å². The summed E-state index contributed by atoms with van der Waals surface area (Å²) in [4.78, 5) is 27.8. The summed E-state index contributed by atoms with van der Waals surface area (Å²) in [5.41, 5.74) is 4.38. The van der Waals surface area contributed by atoms with Crippen molar-refractivity contribution in [2.75, 3.05) is 20.0 Å². The number of carbonyl (C=O) groups excluding carboxylic acids is 2. The smallest absolute Gasteiger partial charge is 0.254 e. The number of hydrogen-bond acceptors (Lipinski definition) is 9. The van der Waals surface area contributed by atoms with Gasteiger partial charge in [-0.1, -0.05) is 54.2 Å². The summed E-state index contributed by atoms with van der Waals surface area (Å²) in [7, 11) is 3.16. The standard InChI is InChI=1S/C35H33FN6O4S2/c1-21-10-7-14-27(22(21)2)41-31(19-37-34(44)23-11-5-6-13-25(23)36)38-39-35(41)48-20-32(43)42-28(18-26(40-42)30-16-9-17-47-30)24-12-8-15-29(45-3)33(24)46-4/h5-17,28H,18-20H2,1-4H3,(H,37,44)/t28-/m0/s1. The highest BCUT2D eigenvalue weighted by Gasteiger charge is 2.36. The van der Waals surface area contributed by atoms with Crippen LogP contribution >= 0.6 is 23.1 Å². The average Bonchev–Trinajstić information content (AvgIpc) is 3.87. The van der Waals surface area contributed by atoms with Crippen LogP contribution in [0.15, 0.2) is 88.4 Å². The maximum Gasteiger partial charge on any atom is 0.254 e. The number of amides is 2. The molecular weight excluding hydrogens is 652 g/mol. The molecule has 48 heavy (non-hydrogen) atoms. The lowest BCUT2D eigenvalue weighted by atomic mass is 9.99. The van der Waals surface area contributed by atoms with Crippen molar-refractivity contribution in [3.63, 3.8) is 0 Å². The van der Waals surface area contributed by atoms with Gasteiger partial charge in [0.05, 0.1) is 54.4 Å². The molecule has 3 heterocycles. The maximum absolute atomic E-state index is 14.3. The zero-order valence-electron chi connectivity index (χ0n) is 26.8. The number of rotatable bonds is 11. The van der Waals surface area contributed by atoms with Crippen LogP contribution in [0, 0.1) is 19.7 Å². The second kappa shape index (κ2) is 14.4. The van der Waals surface area contributed by atoms with Crippen molar-refractivity contribution in [2.45, 2.75) is 38.0 Å². The van der Waals surface area contributed by atoms with Crippen molar-refractivity contribution in [1.29, 1.82) is 0 Å². The van der Waals surface area contributed by atoms with Gasteiger partial charge in [0.2, 0.25) is 0 Å². The van der Waals surface area contributed by atoms with Gasteiger partial charge in [0, 0.05) is 12.0 Å². The van der Waals surface area contributed by atoms with Crippen molar-refractivity contribution < 1.29 is 23.5 Å². The van der Waals surface area contributed by atoms with Crippen LogP contribution in [0.5, 0.6) is 11.5 Å². The van der Waals surface area contributed by atoms with Gasteiger partial charge in [0.15, 0.2) is 22.5 Å². The van der Waals surface area contributed by atoms with E-state index in [1.165, 1.54) is 35.0 Å². The topological polar surface area (TPSA) is 111 Å². The number of thioether (sulfide) groups is 1. The summed E-state index contributed by atoms with van der Waals surface area (Å²) in [6, 6.07) is 20.8. The van der Waals surface area contributed by atoms with E-state index in [0.717, 1.165) is 33.0 Å². The van der Waals surface area contributed by atoms with Gasteiger partial charge in [-0.15, -0.1) is 21.5 Å². The molecule has 1 aliphatic rings. The molecule has 0 unspecified atom stereocenters. The molecule has 1 N–H and O–H groups in total. The number of para-hydroxylation sites is 1. The Morgan fingerprint density at radius 1 is 1.00 bits per heavy atom. The molecule has 1 aliphatic heterocycles. The molecular formula is C35H33FN6O4S2. The first-order chi connectivity index (χ1) is 23.3. The molecule has 0 bridgehead atoms. The van der Waals surface area contributed by atoms with E-state index in [0.29, 0.717) is 28.9 Å². The number of hydrazone groups is 1. The van der Waals surface area contributed by atoms with Crippen LogP contribution in [0.1, 0.15) is 50.2 Å². The third kappa shape index (κ3) is 6.56. The van der Waals surface area contributed by atoms with E-state index in [1.54, 1.807) is 31.6 Å². The molecule has 246 valence electrons. The summed E-state index contributed by atoms with van der Waals surface area (Å²) < 4.78 is 27.4. The molecule has 6 rings (SSSR count). The van der Waals surface area contributed by atoms with E-state index in [-0.39, 0.29) is 23.8 Å². The Kier molecular flexibility index (Phi) is 9.88. The number of aryl methyl sites for hydroxylation is 1. The van der Waals surface area contributed by atoms with Gasteiger partial charge < -0.3 is 14.8 Å². The normalized spacial score (nSPS) is 14.1. The Balaban J connectivity index is 1.29. The monoisotopic (exact) mass is 684 g/mol. The summed E-state index contributed by atoms with van der Waals surface area (Å²) >= 11 is 2.79. The van der Waals surface area contributed by atoms with Crippen LogP contribution in [-0.2, 0) is 11.3 Å². The van der Waals surface area contributed by atoms with Gasteiger partial charge in [-0.2, -0.15) is 5.10 Å². The predicted molar refractivity (Wildman–Crippen MR) is 184 cm³/mol. The number of ether oxygens (including phenoxy) is 2. The van der Waals surface area contributed by atoms with Crippen molar-refractivity contribution in [3.8, 4) is 17.2 Å². The molecule has 2 aromatic heterocycles. The Hall–Kier alpha value is -5.01. The zero-order valence-corrected chi connectivity index (χ0v) is 28.4. The van der Waals surface area contributed by atoms with Gasteiger partial charge in [0.1, 0.15) is 5.82 Å². The Labute approximate surface area is 285 Å². The third-order valence-electron chi connectivity index (χ3n) is 8.13. The number of aromatic nitrogens is 3. The number of carbonyl (C=O) groups is 2. The largest absolute Gasteiger partial charge is 0.493 e. The van der Waals surface area contributed by atoms with Crippen molar-refractivity contribution >= 4 is 40.6 Å². The third-order valence-corrected chi connectivity index (χ3v) is 9.96. The van der Waals surface area contributed by atoms with E-state index in [1.807, 2.05) is 72.3 Å². The lowest BCUT2D eigenvalue weighted by Gasteiger charge is -2.24. The van der Waals surface area contributed by atoms with E-state index in [9.17, 15) is 14.0 Å². The molecule has 13 heteroatoms. The van der Waals surface area contributed by atoms with Crippen molar-refractivity contribution in [3.05, 3.63) is 117 Å². The summed E-state index contributed by atoms with van der Waals surface area (Å²) in [5.74, 6) is 0.146. The van der Waals surface area contributed by atoms with Crippen LogP contribution in [0.4, 0.5) is 4.39 Å². The van der Waals surface area contributed by atoms with Gasteiger partial charge in [-0.05, 0) is 60.7 Å². The van der Waals surface area contributed by atoms with Gasteiger partial charge in [-0.3, -0.25) is 14.2 Å². The number of benzene rings is 3. The highest BCUT2D eigenvalue weighted by molar-refractivity contribution is 7.99. The van der Waals surface area contributed by atoms with Crippen LogP contribution < -0.4 is 14.8 Å². The highest BCUT2D eigenvalue weighted by atomic mass is 32.2. The summed E-state index contributed by atoms with van der Waals surface area (Å²) in [6.45, 7) is 3.98. The summed E-state index contributed by atoms with van der Waals surface area (Å²) in [6.07, 6.45) is 0.505. The van der Waals surface area contributed by atoms with Crippen LogP contribution in [0.2, 0.25) is 0 Å². The van der Waals surface area contributed by atoms with Crippen LogP contribution in [0.3, 0.4) is 0 Å². The lowest BCUT2D eigenvalue weighted by molar-refractivity contribution is -0.130. The molecule has 3 aromatic carbocycles. The Morgan fingerprint density at radius 2 is 1.81 bits per heavy atom. The minimum absolute atomic E-state index is 0.00852. The molecule has 0 saturated carbocycles. The number of halogens is 1. The molecule has 1 atom stereocenters. The average molecular weight is 685 g/mol. The zero-order chi connectivity index (χ0) is 33.8. The molecule has 0 aliphatic carbocycles. The highest BCUT2D eigenvalue weighted by Crippen LogP contribution is 2.42. The van der Waals surface area contributed by atoms with Crippen LogP contribution in [0.25, 0.3) is 5.69 Å². The second-order valence-electron chi connectivity index (χ2n) is 11.0. The quantitative estimate of drug-likeness (QED) is 0.158. The van der Waals surface area contributed by atoms with Crippen molar-refractivity contribution in [1.82, 2.24) is 25.1 Å². The lowest BCUT2D eigenvalue weighted by Crippen LogP contribution is -2.29. The minimum atomic E-state index is -0.613. The van der Waals surface area contributed by atoms with Gasteiger partial charge in [0.25, 0.3) is 11.8 Å². The number of thiophene rings is 1. The van der Waals surface area contributed by atoms with Crippen LogP contribution in [-0.4, -0.2) is 57.3 Å². The van der Waals surface area contributed by atoms with E-state index < -0.39 is 17.8 Å². The number of nitrogens with one attached hydrogen (secondary N) is 1. The second-order valence-corrected chi connectivity index (χ2v) is 12.9. The first-order valence-corrected chi connectivity index (χ1v) is 17.0. The fourth-order valence-electron chi connectivity index (χ4n) is 5.57. The molecule has 10 nitrogen and oxygen atoms in total. The molecule has 2 amide bonds. The Morgan fingerprint density at radius 3 is 2.56 bits per heavy atom. The number of methoxy groups -OCH3 is 2.